The Kier molecular flexibility index (Phi) is 3.35. The summed E-state index contributed by atoms with van der Waals surface area (Å²) >= 11 is 0. The van der Waals surface area contributed by atoms with Crippen LogP contribution in [0, 0.1) is 0 Å². The van der Waals surface area contributed by atoms with Gasteiger partial charge in [-0.1, -0.05) is 24.3 Å². The molecule has 0 saturated heterocycles. The fourth-order valence-corrected chi connectivity index (χ4v) is 2.22. The summed E-state index contributed by atoms with van der Waals surface area (Å²) in [4.78, 5) is 4.24. The number of rotatable bonds is 4. The number of nitrogens with two attached hydrogens (primary N) is 1. The lowest BCUT2D eigenvalue weighted by Gasteiger charge is -2.07. The van der Waals surface area contributed by atoms with E-state index in [1.54, 1.807) is 4.68 Å². The van der Waals surface area contributed by atoms with Crippen molar-refractivity contribution in [2.45, 2.75) is 13.1 Å². The molecule has 102 valence electrons. The van der Waals surface area contributed by atoms with E-state index < -0.39 is 0 Å². The Morgan fingerprint density at radius 1 is 1.10 bits per heavy atom. The highest BCUT2D eigenvalue weighted by Gasteiger charge is 2.07. The highest BCUT2D eigenvalue weighted by Crippen LogP contribution is 2.19. The highest BCUT2D eigenvalue weighted by molar-refractivity contribution is 5.56. The number of aryl methyl sites for hydroxylation is 1. The van der Waals surface area contributed by atoms with Gasteiger partial charge in [-0.2, -0.15) is 5.10 Å². The molecule has 3 aromatic rings. The van der Waals surface area contributed by atoms with Crippen LogP contribution in [0.5, 0.6) is 0 Å². The van der Waals surface area contributed by atoms with Gasteiger partial charge >= 0.3 is 0 Å². The van der Waals surface area contributed by atoms with E-state index in [2.05, 4.69) is 38.9 Å². The van der Waals surface area contributed by atoms with Crippen molar-refractivity contribution in [1.29, 1.82) is 0 Å². The van der Waals surface area contributed by atoms with E-state index in [1.807, 2.05) is 32.0 Å². The topological polar surface area (TPSA) is 61.7 Å². The van der Waals surface area contributed by atoms with Crippen molar-refractivity contribution in [3.63, 3.8) is 0 Å². The second-order valence-electron chi connectivity index (χ2n) is 4.83. The summed E-state index contributed by atoms with van der Waals surface area (Å²) in [6.07, 6.45) is 7.56. The molecule has 0 fully saturated rings. The van der Waals surface area contributed by atoms with Gasteiger partial charge in [0.05, 0.1) is 24.4 Å². The molecule has 0 unspecified atom stereocenters. The van der Waals surface area contributed by atoms with Crippen LogP contribution >= 0.6 is 0 Å². The smallest absolute Gasteiger partial charge is 0.0954 e. The van der Waals surface area contributed by atoms with Gasteiger partial charge in [0.25, 0.3) is 0 Å². The minimum atomic E-state index is 0.576. The van der Waals surface area contributed by atoms with Crippen molar-refractivity contribution in [1.82, 2.24) is 19.3 Å². The SMILES string of the molecule is Cn1cc(-c2cncn2Cc2ccc(CN)cc2)cn1. The van der Waals surface area contributed by atoms with Gasteiger partial charge in [0.1, 0.15) is 0 Å². The van der Waals surface area contributed by atoms with Gasteiger partial charge in [0.15, 0.2) is 0 Å². The Morgan fingerprint density at radius 3 is 2.50 bits per heavy atom. The van der Waals surface area contributed by atoms with Gasteiger partial charge in [0.2, 0.25) is 0 Å². The molecule has 0 bridgehead atoms. The van der Waals surface area contributed by atoms with Crippen LogP contribution in [0.4, 0.5) is 0 Å². The zero-order chi connectivity index (χ0) is 13.9. The average Bonchev–Trinajstić information content (AvgIpc) is 3.08. The fourth-order valence-electron chi connectivity index (χ4n) is 2.22. The number of nitrogens with zero attached hydrogens (tertiary/aromatic N) is 4. The largest absolute Gasteiger partial charge is 0.326 e. The normalized spacial score (nSPS) is 10.9. The molecule has 2 heterocycles. The minimum Gasteiger partial charge on any atom is -0.326 e. The van der Waals surface area contributed by atoms with Crippen LogP contribution in [-0.2, 0) is 20.1 Å². The molecule has 0 saturated carbocycles. The lowest BCUT2D eigenvalue weighted by atomic mass is 10.1. The molecule has 2 N–H and O–H groups in total. The van der Waals surface area contributed by atoms with Crippen molar-refractivity contribution in [3.05, 3.63) is 60.3 Å². The van der Waals surface area contributed by atoms with Crippen molar-refractivity contribution < 1.29 is 0 Å². The summed E-state index contributed by atoms with van der Waals surface area (Å²) in [5, 5.41) is 4.21. The second-order valence-corrected chi connectivity index (χ2v) is 4.83. The molecule has 2 aromatic heterocycles. The molecule has 0 aliphatic rings. The van der Waals surface area contributed by atoms with Gasteiger partial charge in [-0.3, -0.25) is 4.68 Å². The molecular weight excluding hydrogens is 250 g/mol. The summed E-state index contributed by atoms with van der Waals surface area (Å²) in [6.45, 7) is 1.36. The van der Waals surface area contributed by atoms with Crippen molar-refractivity contribution >= 4 is 0 Å². The first-order valence-corrected chi connectivity index (χ1v) is 6.53. The van der Waals surface area contributed by atoms with Crippen LogP contribution in [0.1, 0.15) is 11.1 Å². The van der Waals surface area contributed by atoms with E-state index in [0.29, 0.717) is 6.54 Å². The number of hydrogen-bond donors (Lipinski definition) is 1. The van der Waals surface area contributed by atoms with Crippen molar-refractivity contribution in [2.75, 3.05) is 0 Å². The number of benzene rings is 1. The molecule has 0 aliphatic heterocycles. The van der Waals surface area contributed by atoms with Gasteiger partial charge < -0.3 is 10.3 Å². The molecule has 0 radical (unpaired) electrons. The zero-order valence-corrected chi connectivity index (χ0v) is 11.4. The van der Waals surface area contributed by atoms with E-state index in [0.717, 1.165) is 23.4 Å². The predicted molar refractivity (Wildman–Crippen MR) is 77.9 cm³/mol. The molecular formula is C15H17N5. The summed E-state index contributed by atoms with van der Waals surface area (Å²) < 4.78 is 3.91. The van der Waals surface area contributed by atoms with Crippen LogP contribution in [0.3, 0.4) is 0 Å². The maximum absolute atomic E-state index is 5.61. The monoisotopic (exact) mass is 267 g/mol. The van der Waals surface area contributed by atoms with E-state index >= 15 is 0 Å². The molecule has 0 amide bonds. The molecule has 5 heteroatoms. The highest BCUT2D eigenvalue weighted by atomic mass is 15.2. The molecule has 1 aromatic carbocycles. The Bertz CT molecular complexity index is 693. The quantitative estimate of drug-likeness (QED) is 0.784. The molecule has 3 rings (SSSR count). The molecule has 0 spiro atoms. The summed E-state index contributed by atoms with van der Waals surface area (Å²) in [6, 6.07) is 8.34. The number of imidazole rings is 1. The van der Waals surface area contributed by atoms with Crippen LogP contribution in [-0.4, -0.2) is 19.3 Å². The second kappa shape index (κ2) is 5.30. The van der Waals surface area contributed by atoms with E-state index in [1.165, 1.54) is 5.56 Å². The third-order valence-corrected chi connectivity index (χ3v) is 3.32. The zero-order valence-electron chi connectivity index (χ0n) is 11.4. The molecule has 20 heavy (non-hydrogen) atoms. The lowest BCUT2D eigenvalue weighted by molar-refractivity contribution is 0.767. The number of hydrogen-bond acceptors (Lipinski definition) is 3. The first-order chi connectivity index (χ1) is 9.76. The third kappa shape index (κ3) is 2.48. The maximum Gasteiger partial charge on any atom is 0.0954 e. The average molecular weight is 267 g/mol. The van der Waals surface area contributed by atoms with Crippen LogP contribution < -0.4 is 5.73 Å². The van der Waals surface area contributed by atoms with Crippen LogP contribution in [0.25, 0.3) is 11.3 Å². The third-order valence-electron chi connectivity index (χ3n) is 3.32. The van der Waals surface area contributed by atoms with Gasteiger partial charge in [-0.25, -0.2) is 4.98 Å². The lowest BCUT2D eigenvalue weighted by Crippen LogP contribution is -2.01. The van der Waals surface area contributed by atoms with E-state index in [4.69, 9.17) is 5.73 Å². The van der Waals surface area contributed by atoms with Gasteiger partial charge in [-0.15, -0.1) is 0 Å². The summed E-state index contributed by atoms with van der Waals surface area (Å²) in [5.41, 5.74) is 10.1. The summed E-state index contributed by atoms with van der Waals surface area (Å²) in [5.74, 6) is 0. The predicted octanol–water partition coefficient (Wildman–Crippen LogP) is 1.79. The first kappa shape index (κ1) is 12.6. The Morgan fingerprint density at radius 2 is 1.85 bits per heavy atom. The van der Waals surface area contributed by atoms with Crippen molar-refractivity contribution in [2.24, 2.45) is 12.8 Å². The maximum atomic E-state index is 5.61. The minimum absolute atomic E-state index is 0.576. The standard InChI is InChI=1S/C15H17N5/c1-19-10-14(7-18-19)15-8-17-11-20(15)9-13-4-2-12(6-16)3-5-13/h2-5,7-8,10-11H,6,9,16H2,1H3. The fraction of sp³-hybridized carbons (Fsp3) is 0.200. The van der Waals surface area contributed by atoms with E-state index in [9.17, 15) is 0 Å². The van der Waals surface area contributed by atoms with E-state index in [-0.39, 0.29) is 0 Å². The Balaban J connectivity index is 1.86. The van der Waals surface area contributed by atoms with Crippen LogP contribution in [0.2, 0.25) is 0 Å². The van der Waals surface area contributed by atoms with Gasteiger partial charge in [-0.05, 0) is 11.1 Å². The molecule has 5 nitrogen and oxygen atoms in total. The van der Waals surface area contributed by atoms with Crippen LogP contribution in [0.15, 0.2) is 49.2 Å². The molecule has 0 atom stereocenters. The Labute approximate surface area is 117 Å². The first-order valence-electron chi connectivity index (χ1n) is 6.53. The molecule has 0 aliphatic carbocycles. The summed E-state index contributed by atoms with van der Waals surface area (Å²) in [7, 11) is 1.91. The Hall–Kier alpha value is -2.40. The van der Waals surface area contributed by atoms with Crippen molar-refractivity contribution in [3.8, 4) is 11.3 Å². The van der Waals surface area contributed by atoms with Gasteiger partial charge in [0, 0.05) is 31.9 Å². The number of aromatic nitrogens is 4.